The van der Waals surface area contributed by atoms with Gasteiger partial charge >= 0.3 is 0 Å². The molecule has 0 saturated heterocycles. The molecule has 22 heavy (non-hydrogen) atoms. The van der Waals surface area contributed by atoms with Crippen molar-refractivity contribution in [3.8, 4) is 11.5 Å². The highest BCUT2D eigenvalue weighted by Gasteiger charge is 2.02. The van der Waals surface area contributed by atoms with Crippen LogP contribution in [-0.4, -0.2) is 18.2 Å². The maximum atomic E-state index is 9.73. The van der Waals surface area contributed by atoms with Crippen molar-refractivity contribution in [2.24, 2.45) is 10.7 Å². The molecule has 0 heterocycles. The fraction of sp³-hybridized carbons (Fsp3) is 0.235. The number of benzene rings is 2. The van der Waals surface area contributed by atoms with E-state index in [1.165, 1.54) is 12.7 Å². The smallest absolute Gasteiger partial charge is 0.193 e. The highest BCUT2D eigenvalue weighted by atomic mass is 16.5. The van der Waals surface area contributed by atoms with E-state index < -0.39 is 0 Å². The van der Waals surface area contributed by atoms with Gasteiger partial charge in [-0.25, -0.2) is 4.99 Å². The Labute approximate surface area is 130 Å². The zero-order valence-electron chi connectivity index (χ0n) is 12.8. The van der Waals surface area contributed by atoms with E-state index in [0.717, 1.165) is 17.7 Å². The Balaban J connectivity index is 2.01. The number of nitrogens with one attached hydrogen (secondary N) is 1. The van der Waals surface area contributed by atoms with Crippen molar-refractivity contribution in [1.29, 1.82) is 0 Å². The average molecular weight is 299 g/mol. The molecule has 5 nitrogen and oxygen atoms in total. The fourth-order valence-corrected chi connectivity index (χ4v) is 2.07. The van der Waals surface area contributed by atoms with Gasteiger partial charge in [-0.05, 0) is 41.8 Å². The minimum atomic E-state index is 0.0948. The van der Waals surface area contributed by atoms with Crippen molar-refractivity contribution in [2.45, 2.75) is 19.9 Å². The Morgan fingerprint density at radius 2 is 2.05 bits per heavy atom. The lowest BCUT2D eigenvalue weighted by atomic mass is 10.1. The molecule has 0 atom stereocenters. The van der Waals surface area contributed by atoms with Crippen molar-refractivity contribution in [3.63, 3.8) is 0 Å². The zero-order valence-corrected chi connectivity index (χ0v) is 12.8. The monoisotopic (exact) mass is 299 g/mol. The van der Waals surface area contributed by atoms with Crippen LogP contribution in [0.4, 0.5) is 5.69 Å². The molecule has 0 fully saturated rings. The van der Waals surface area contributed by atoms with Crippen LogP contribution in [0.3, 0.4) is 0 Å². The summed E-state index contributed by atoms with van der Waals surface area (Å²) < 4.78 is 5.00. The normalized spacial score (nSPS) is 11.3. The molecular formula is C17H21N3O2. The summed E-state index contributed by atoms with van der Waals surface area (Å²) in [5, 5.41) is 12.8. The molecule has 0 aliphatic heterocycles. The Morgan fingerprint density at radius 3 is 2.73 bits per heavy atom. The molecule has 0 amide bonds. The summed E-state index contributed by atoms with van der Waals surface area (Å²) in [5.41, 5.74) is 8.89. The highest BCUT2D eigenvalue weighted by Crippen LogP contribution is 2.26. The largest absolute Gasteiger partial charge is 0.504 e. The summed E-state index contributed by atoms with van der Waals surface area (Å²) in [6, 6.07) is 13.2. The van der Waals surface area contributed by atoms with Crippen molar-refractivity contribution >= 4 is 11.6 Å². The number of methoxy groups -OCH3 is 1. The van der Waals surface area contributed by atoms with E-state index in [2.05, 4.69) is 23.3 Å². The number of rotatable bonds is 5. The molecule has 2 aromatic carbocycles. The van der Waals surface area contributed by atoms with Gasteiger partial charge in [0.25, 0.3) is 0 Å². The van der Waals surface area contributed by atoms with Crippen LogP contribution in [0.1, 0.15) is 18.1 Å². The number of hydrogen-bond donors (Lipinski definition) is 3. The lowest BCUT2D eigenvalue weighted by Gasteiger charge is -2.08. The first kappa shape index (κ1) is 15.7. The number of aromatic hydroxyl groups is 1. The van der Waals surface area contributed by atoms with Crippen LogP contribution in [0.15, 0.2) is 47.5 Å². The van der Waals surface area contributed by atoms with E-state index in [0.29, 0.717) is 18.3 Å². The molecule has 4 N–H and O–H groups in total. The van der Waals surface area contributed by atoms with Gasteiger partial charge in [-0.3, -0.25) is 0 Å². The minimum Gasteiger partial charge on any atom is -0.504 e. The van der Waals surface area contributed by atoms with Gasteiger partial charge in [0.15, 0.2) is 17.5 Å². The summed E-state index contributed by atoms with van der Waals surface area (Å²) in [7, 11) is 1.51. The third kappa shape index (κ3) is 4.15. The molecule has 0 aliphatic carbocycles. The zero-order chi connectivity index (χ0) is 15.9. The Morgan fingerprint density at radius 1 is 1.23 bits per heavy atom. The SMILES string of the molecule is CCc1cccc(NC(N)=NCc2ccc(OC)c(O)c2)c1. The molecule has 0 aliphatic rings. The van der Waals surface area contributed by atoms with Crippen LogP contribution in [0, 0.1) is 0 Å². The molecule has 0 radical (unpaired) electrons. The van der Waals surface area contributed by atoms with Crippen LogP contribution in [0.2, 0.25) is 0 Å². The fourth-order valence-electron chi connectivity index (χ4n) is 2.07. The number of aryl methyl sites for hydroxylation is 1. The third-order valence-electron chi connectivity index (χ3n) is 3.28. The number of hydrogen-bond acceptors (Lipinski definition) is 3. The van der Waals surface area contributed by atoms with E-state index in [1.807, 2.05) is 24.3 Å². The number of phenolic OH excluding ortho intramolecular Hbond substituents is 1. The number of ether oxygens (including phenoxy) is 1. The van der Waals surface area contributed by atoms with E-state index in [1.54, 1.807) is 12.1 Å². The van der Waals surface area contributed by atoms with Crippen molar-refractivity contribution in [3.05, 3.63) is 53.6 Å². The average Bonchev–Trinajstić information content (AvgIpc) is 2.53. The van der Waals surface area contributed by atoms with Gasteiger partial charge in [-0.2, -0.15) is 0 Å². The van der Waals surface area contributed by atoms with E-state index in [-0.39, 0.29) is 5.75 Å². The van der Waals surface area contributed by atoms with E-state index in [9.17, 15) is 5.11 Å². The van der Waals surface area contributed by atoms with Crippen LogP contribution >= 0.6 is 0 Å². The highest BCUT2D eigenvalue weighted by molar-refractivity contribution is 5.92. The number of phenols is 1. The molecule has 116 valence electrons. The van der Waals surface area contributed by atoms with Crippen molar-refractivity contribution in [2.75, 3.05) is 12.4 Å². The molecule has 0 bridgehead atoms. The molecule has 2 rings (SSSR count). The first-order valence-electron chi connectivity index (χ1n) is 7.14. The number of anilines is 1. The second kappa shape index (κ2) is 7.36. The molecule has 0 saturated carbocycles. The van der Waals surface area contributed by atoms with Crippen LogP contribution in [-0.2, 0) is 13.0 Å². The summed E-state index contributed by atoms with van der Waals surface area (Å²) in [5.74, 6) is 0.871. The summed E-state index contributed by atoms with van der Waals surface area (Å²) in [6.07, 6.45) is 0.970. The summed E-state index contributed by atoms with van der Waals surface area (Å²) in [6.45, 7) is 2.48. The van der Waals surface area contributed by atoms with Gasteiger partial charge in [-0.1, -0.05) is 25.1 Å². The van der Waals surface area contributed by atoms with Gasteiger partial charge < -0.3 is 20.9 Å². The van der Waals surface area contributed by atoms with Gasteiger partial charge in [0.2, 0.25) is 0 Å². The first-order valence-corrected chi connectivity index (χ1v) is 7.14. The third-order valence-corrected chi connectivity index (χ3v) is 3.28. The number of guanidine groups is 1. The van der Waals surface area contributed by atoms with E-state index in [4.69, 9.17) is 10.5 Å². The molecule has 5 heteroatoms. The molecule has 2 aromatic rings. The molecule has 0 unspecified atom stereocenters. The van der Waals surface area contributed by atoms with Gasteiger partial charge in [0, 0.05) is 5.69 Å². The first-order chi connectivity index (χ1) is 10.6. The number of nitrogens with two attached hydrogens (primary N) is 1. The quantitative estimate of drug-likeness (QED) is 0.586. The summed E-state index contributed by atoms with van der Waals surface area (Å²) in [4.78, 5) is 4.27. The van der Waals surface area contributed by atoms with Crippen molar-refractivity contribution in [1.82, 2.24) is 0 Å². The molecule has 0 aromatic heterocycles. The standard InChI is InChI=1S/C17H21N3O2/c1-3-12-5-4-6-14(9-12)20-17(18)19-11-13-7-8-16(22-2)15(21)10-13/h4-10,21H,3,11H2,1-2H3,(H3,18,19,20). The topological polar surface area (TPSA) is 79.9 Å². The van der Waals surface area contributed by atoms with Gasteiger partial charge in [0.05, 0.1) is 13.7 Å². The second-order valence-corrected chi connectivity index (χ2v) is 4.89. The van der Waals surface area contributed by atoms with Gasteiger partial charge in [0.1, 0.15) is 0 Å². The Hall–Kier alpha value is -2.69. The maximum absolute atomic E-state index is 9.73. The Bertz CT molecular complexity index is 669. The second-order valence-electron chi connectivity index (χ2n) is 4.89. The van der Waals surface area contributed by atoms with Crippen LogP contribution < -0.4 is 15.8 Å². The summed E-state index contributed by atoms with van der Waals surface area (Å²) >= 11 is 0. The Kier molecular flexibility index (Phi) is 5.25. The van der Waals surface area contributed by atoms with Crippen molar-refractivity contribution < 1.29 is 9.84 Å². The molecule has 0 spiro atoms. The minimum absolute atomic E-state index is 0.0948. The van der Waals surface area contributed by atoms with E-state index >= 15 is 0 Å². The maximum Gasteiger partial charge on any atom is 0.193 e. The lowest BCUT2D eigenvalue weighted by molar-refractivity contribution is 0.373. The van der Waals surface area contributed by atoms with Crippen LogP contribution in [0.25, 0.3) is 0 Å². The predicted molar refractivity (Wildman–Crippen MR) is 89.4 cm³/mol. The lowest BCUT2D eigenvalue weighted by Crippen LogP contribution is -2.22. The molecular weight excluding hydrogens is 278 g/mol. The van der Waals surface area contributed by atoms with Gasteiger partial charge in [-0.15, -0.1) is 0 Å². The number of nitrogens with zero attached hydrogens (tertiary/aromatic N) is 1. The number of aliphatic imine (C=N–C) groups is 1. The predicted octanol–water partition coefficient (Wildman–Crippen LogP) is 2.89. The van der Waals surface area contributed by atoms with Crippen LogP contribution in [0.5, 0.6) is 11.5 Å².